The van der Waals surface area contributed by atoms with Crippen LogP contribution in [0.3, 0.4) is 0 Å². The van der Waals surface area contributed by atoms with Crippen molar-refractivity contribution in [1.82, 2.24) is 9.38 Å². The topological polar surface area (TPSA) is 17.3 Å². The minimum absolute atomic E-state index is 0.915. The monoisotopic (exact) mass is 294 g/mol. The Morgan fingerprint density at radius 2 is 1.43 bits per heavy atom. The standard InChI is InChI=1S/C21H14N2/c1-3-8-17(9-4-1)14-15-19-12-7-13-20-16-22-21(23(19)20)18-10-5-2-6-11-18/h1-13,16H. The number of nitrogens with zero attached hydrogens (tertiary/aromatic N) is 2. The third kappa shape index (κ3) is 2.61. The summed E-state index contributed by atoms with van der Waals surface area (Å²) in [6.07, 6.45) is 1.88. The van der Waals surface area contributed by atoms with Gasteiger partial charge in [0.25, 0.3) is 0 Å². The van der Waals surface area contributed by atoms with E-state index in [9.17, 15) is 0 Å². The van der Waals surface area contributed by atoms with Crippen LogP contribution >= 0.6 is 0 Å². The van der Waals surface area contributed by atoms with Crippen molar-refractivity contribution in [2.45, 2.75) is 0 Å². The molecule has 4 rings (SSSR count). The summed E-state index contributed by atoms with van der Waals surface area (Å²) in [7, 11) is 0. The van der Waals surface area contributed by atoms with Crippen LogP contribution in [0, 0.1) is 11.8 Å². The van der Waals surface area contributed by atoms with E-state index < -0.39 is 0 Å². The maximum absolute atomic E-state index is 4.58. The van der Waals surface area contributed by atoms with Crippen LogP contribution in [0.2, 0.25) is 0 Å². The number of hydrogen-bond acceptors (Lipinski definition) is 1. The van der Waals surface area contributed by atoms with E-state index in [1.54, 1.807) is 0 Å². The van der Waals surface area contributed by atoms with Gasteiger partial charge in [0.2, 0.25) is 0 Å². The minimum Gasteiger partial charge on any atom is -0.285 e. The van der Waals surface area contributed by atoms with Crippen LogP contribution in [-0.4, -0.2) is 9.38 Å². The normalized spacial score (nSPS) is 10.3. The van der Waals surface area contributed by atoms with E-state index in [0.717, 1.165) is 28.2 Å². The average Bonchev–Trinajstić information content (AvgIpc) is 3.06. The third-order valence-electron chi connectivity index (χ3n) is 3.69. The molecule has 0 fully saturated rings. The average molecular weight is 294 g/mol. The van der Waals surface area contributed by atoms with Crippen LogP contribution in [0.15, 0.2) is 85.1 Å². The van der Waals surface area contributed by atoms with Crippen molar-refractivity contribution < 1.29 is 0 Å². The molecule has 2 heterocycles. The second-order valence-corrected chi connectivity index (χ2v) is 5.24. The Bertz CT molecular complexity index is 1000. The Morgan fingerprint density at radius 3 is 2.22 bits per heavy atom. The van der Waals surface area contributed by atoms with Gasteiger partial charge in [0, 0.05) is 11.1 Å². The van der Waals surface area contributed by atoms with Crippen LogP contribution in [0.5, 0.6) is 0 Å². The van der Waals surface area contributed by atoms with Crippen molar-refractivity contribution in [2.75, 3.05) is 0 Å². The fourth-order valence-corrected chi connectivity index (χ4v) is 2.59. The smallest absolute Gasteiger partial charge is 0.145 e. The van der Waals surface area contributed by atoms with Crippen molar-refractivity contribution in [1.29, 1.82) is 0 Å². The Hall–Kier alpha value is -3.31. The molecule has 0 atom stereocenters. The number of imidazole rings is 1. The summed E-state index contributed by atoms with van der Waals surface area (Å²) in [6.45, 7) is 0. The molecule has 0 aliphatic rings. The van der Waals surface area contributed by atoms with E-state index in [-0.39, 0.29) is 0 Å². The van der Waals surface area contributed by atoms with E-state index in [1.807, 2.05) is 72.9 Å². The maximum atomic E-state index is 4.58. The second kappa shape index (κ2) is 5.82. The van der Waals surface area contributed by atoms with Gasteiger partial charge in [-0.2, -0.15) is 0 Å². The summed E-state index contributed by atoms with van der Waals surface area (Å²) in [6, 6.07) is 26.3. The van der Waals surface area contributed by atoms with Gasteiger partial charge in [-0.25, -0.2) is 4.98 Å². The number of hydrogen-bond donors (Lipinski definition) is 0. The maximum Gasteiger partial charge on any atom is 0.145 e. The van der Waals surface area contributed by atoms with Gasteiger partial charge in [-0.3, -0.25) is 4.40 Å². The van der Waals surface area contributed by atoms with Crippen LogP contribution in [-0.2, 0) is 0 Å². The molecule has 0 saturated heterocycles. The molecule has 0 bridgehead atoms. The molecule has 108 valence electrons. The number of fused-ring (bicyclic) bond motifs is 1. The zero-order valence-electron chi connectivity index (χ0n) is 12.5. The van der Waals surface area contributed by atoms with E-state index >= 15 is 0 Å². The van der Waals surface area contributed by atoms with Gasteiger partial charge < -0.3 is 0 Å². The molecule has 0 N–H and O–H groups in total. The number of pyridine rings is 1. The first-order chi connectivity index (χ1) is 11.4. The van der Waals surface area contributed by atoms with Gasteiger partial charge in [-0.05, 0) is 30.2 Å². The first kappa shape index (κ1) is 13.4. The first-order valence-corrected chi connectivity index (χ1v) is 7.51. The zero-order valence-corrected chi connectivity index (χ0v) is 12.5. The number of benzene rings is 2. The van der Waals surface area contributed by atoms with Crippen LogP contribution in [0.1, 0.15) is 11.3 Å². The molecule has 4 aromatic rings. The predicted octanol–water partition coefficient (Wildman–Crippen LogP) is 4.40. The summed E-state index contributed by atoms with van der Waals surface area (Å²) >= 11 is 0. The van der Waals surface area contributed by atoms with Gasteiger partial charge in [0.05, 0.1) is 17.4 Å². The lowest BCUT2D eigenvalue weighted by atomic mass is 10.2. The molecular weight excluding hydrogens is 280 g/mol. The zero-order chi connectivity index (χ0) is 15.5. The van der Waals surface area contributed by atoms with E-state index in [4.69, 9.17) is 0 Å². The van der Waals surface area contributed by atoms with Gasteiger partial charge in [-0.15, -0.1) is 0 Å². The Morgan fingerprint density at radius 1 is 0.696 bits per heavy atom. The molecule has 2 nitrogen and oxygen atoms in total. The van der Waals surface area contributed by atoms with Crippen LogP contribution in [0.4, 0.5) is 0 Å². The Balaban J connectivity index is 1.88. The van der Waals surface area contributed by atoms with Gasteiger partial charge in [0.15, 0.2) is 0 Å². The molecule has 23 heavy (non-hydrogen) atoms. The molecule has 0 spiro atoms. The van der Waals surface area contributed by atoms with Crippen molar-refractivity contribution in [3.8, 4) is 23.2 Å². The third-order valence-corrected chi connectivity index (χ3v) is 3.69. The van der Waals surface area contributed by atoms with E-state index in [2.05, 4.69) is 33.4 Å². The van der Waals surface area contributed by atoms with Crippen molar-refractivity contribution in [2.24, 2.45) is 0 Å². The van der Waals surface area contributed by atoms with Crippen LogP contribution < -0.4 is 0 Å². The molecule has 0 amide bonds. The molecule has 2 aromatic carbocycles. The molecule has 0 aliphatic heterocycles. The summed E-state index contributed by atoms with van der Waals surface area (Å²) in [5, 5.41) is 0. The highest BCUT2D eigenvalue weighted by molar-refractivity contribution is 5.64. The highest BCUT2D eigenvalue weighted by atomic mass is 15.0. The van der Waals surface area contributed by atoms with E-state index in [1.165, 1.54) is 0 Å². The predicted molar refractivity (Wildman–Crippen MR) is 93.1 cm³/mol. The molecule has 2 heteroatoms. The summed E-state index contributed by atoms with van der Waals surface area (Å²) in [5.74, 6) is 7.41. The van der Waals surface area contributed by atoms with Gasteiger partial charge >= 0.3 is 0 Å². The van der Waals surface area contributed by atoms with Crippen molar-refractivity contribution >= 4 is 5.52 Å². The molecule has 0 unspecified atom stereocenters. The van der Waals surface area contributed by atoms with E-state index in [0.29, 0.717) is 0 Å². The highest BCUT2D eigenvalue weighted by Crippen LogP contribution is 2.21. The number of rotatable bonds is 1. The van der Waals surface area contributed by atoms with Crippen LogP contribution in [0.25, 0.3) is 16.9 Å². The quantitative estimate of drug-likeness (QED) is 0.476. The minimum atomic E-state index is 0.915. The highest BCUT2D eigenvalue weighted by Gasteiger charge is 2.08. The van der Waals surface area contributed by atoms with Gasteiger partial charge in [0.1, 0.15) is 5.82 Å². The van der Waals surface area contributed by atoms with Crippen molar-refractivity contribution in [3.05, 3.63) is 96.3 Å². The SMILES string of the molecule is C(#Cc1cccc2cnc(-c3ccccc3)n12)c1ccccc1. The summed E-state index contributed by atoms with van der Waals surface area (Å²) < 4.78 is 2.10. The molecule has 0 radical (unpaired) electrons. The summed E-state index contributed by atoms with van der Waals surface area (Å²) in [5.41, 5.74) is 4.07. The molecule has 2 aromatic heterocycles. The fraction of sp³-hybridized carbons (Fsp3) is 0. The van der Waals surface area contributed by atoms with Crippen molar-refractivity contribution in [3.63, 3.8) is 0 Å². The lowest BCUT2D eigenvalue weighted by Gasteiger charge is -2.04. The lowest BCUT2D eigenvalue weighted by molar-refractivity contribution is 1.14. The molecular formula is C21H14N2. The fourth-order valence-electron chi connectivity index (χ4n) is 2.59. The molecule has 0 aliphatic carbocycles. The van der Waals surface area contributed by atoms with Gasteiger partial charge in [-0.1, -0.05) is 60.5 Å². The summed E-state index contributed by atoms with van der Waals surface area (Å²) in [4.78, 5) is 4.58. The number of aromatic nitrogens is 2. The first-order valence-electron chi connectivity index (χ1n) is 7.51. The Kier molecular flexibility index (Phi) is 3.38. The lowest BCUT2D eigenvalue weighted by Crippen LogP contribution is -1.95. The molecule has 0 saturated carbocycles. The largest absolute Gasteiger partial charge is 0.285 e. The Labute approximate surface area is 135 Å². The second-order valence-electron chi connectivity index (χ2n) is 5.24.